The predicted molar refractivity (Wildman–Crippen MR) is 149 cm³/mol. The quantitative estimate of drug-likeness (QED) is 0.366. The molecule has 2 N–H and O–H groups in total. The molecule has 3 saturated carbocycles. The van der Waals surface area contributed by atoms with Crippen LogP contribution in [0.4, 0.5) is 0 Å². The molecule has 4 rings (SSSR count). The van der Waals surface area contributed by atoms with Gasteiger partial charge in [0.1, 0.15) is 0 Å². The Morgan fingerprint density at radius 3 is 2.58 bits per heavy atom. The number of hydrogen-bond donors (Lipinski definition) is 2. The highest BCUT2D eigenvalue weighted by Crippen LogP contribution is 2.68. The normalized spacial score (nSPS) is 40.9. The maximum atomic E-state index is 13.7. The molecular weight excluding hydrogens is 444 g/mol. The van der Waals surface area contributed by atoms with Gasteiger partial charge in [-0.15, -0.1) is 0 Å². The molecule has 206 valence electrons. The first-order valence-electron chi connectivity index (χ1n) is 15.3. The van der Waals surface area contributed by atoms with Crippen LogP contribution >= 0.6 is 0 Å². The summed E-state index contributed by atoms with van der Waals surface area (Å²) in [5.41, 5.74) is 2.06. The number of aliphatic hydroxyl groups is 1. The molecule has 4 heteroatoms. The fourth-order valence-electron chi connectivity index (χ4n) is 9.61. The summed E-state index contributed by atoms with van der Waals surface area (Å²) in [7, 11) is 4.15. The first-order chi connectivity index (χ1) is 17.0. The Morgan fingerprint density at radius 2 is 1.89 bits per heavy atom. The van der Waals surface area contributed by atoms with Crippen molar-refractivity contribution >= 4 is 5.91 Å². The van der Waals surface area contributed by atoms with Gasteiger partial charge in [-0.05, 0) is 105 Å². The van der Waals surface area contributed by atoms with Crippen LogP contribution in [0.2, 0.25) is 0 Å². The Balaban J connectivity index is 1.58. The van der Waals surface area contributed by atoms with Gasteiger partial charge in [0.25, 0.3) is 0 Å². The Kier molecular flexibility index (Phi) is 8.67. The van der Waals surface area contributed by atoms with Crippen LogP contribution in [0.15, 0.2) is 11.6 Å². The lowest BCUT2D eigenvalue weighted by atomic mass is 9.47. The molecule has 36 heavy (non-hydrogen) atoms. The van der Waals surface area contributed by atoms with E-state index in [-0.39, 0.29) is 22.9 Å². The lowest BCUT2D eigenvalue weighted by Gasteiger charge is -2.58. The van der Waals surface area contributed by atoms with Crippen molar-refractivity contribution in [3.63, 3.8) is 0 Å². The summed E-state index contributed by atoms with van der Waals surface area (Å²) in [6.45, 7) is 13.9. The maximum absolute atomic E-state index is 13.7. The number of allylic oxidation sites excluding steroid dienone is 1. The lowest BCUT2D eigenvalue weighted by Crippen LogP contribution is -2.51. The van der Waals surface area contributed by atoms with E-state index in [4.69, 9.17) is 0 Å². The third-order valence-corrected chi connectivity index (χ3v) is 11.5. The molecule has 4 aliphatic carbocycles. The van der Waals surface area contributed by atoms with Gasteiger partial charge in [0.2, 0.25) is 5.91 Å². The molecule has 1 amide bonds. The predicted octanol–water partition coefficient (Wildman–Crippen LogP) is 6.29. The molecule has 0 bridgehead atoms. The molecule has 0 spiro atoms. The number of amides is 1. The SMILES string of the molecule is CC(C)CCC[C@@H](C)[C@H]1C(C(=O)NCCN(C)C)C[C@H]2[C@@H]3CC=C4C[C@@H](O)CC[C@]4(C)[C@H]3CC[C@]12C. The molecule has 0 aromatic carbocycles. The summed E-state index contributed by atoms with van der Waals surface area (Å²) >= 11 is 0. The Morgan fingerprint density at radius 1 is 1.14 bits per heavy atom. The first-order valence-corrected chi connectivity index (χ1v) is 15.3. The van der Waals surface area contributed by atoms with Crippen molar-refractivity contribution < 1.29 is 9.90 Å². The van der Waals surface area contributed by atoms with Crippen LogP contribution in [0, 0.1) is 52.3 Å². The monoisotopic (exact) mass is 500 g/mol. The van der Waals surface area contributed by atoms with Crippen molar-refractivity contribution in [2.24, 2.45) is 52.3 Å². The molecule has 0 aromatic heterocycles. The minimum Gasteiger partial charge on any atom is -0.393 e. The largest absolute Gasteiger partial charge is 0.393 e. The smallest absolute Gasteiger partial charge is 0.223 e. The number of aliphatic hydroxyl groups excluding tert-OH is 1. The van der Waals surface area contributed by atoms with Gasteiger partial charge in [-0.25, -0.2) is 0 Å². The molecule has 9 atom stereocenters. The minimum absolute atomic E-state index is 0.146. The van der Waals surface area contributed by atoms with Crippen LogP contribution in [0.3, 0.4) is 0 Å². The van der Waals surface area contributed by atoms with Crippen molar-refractivity contribution in [2.75, 3.05) is 27.2 Å². The van der Waals surface area contributed by atoms with E-state index in [1.807, 2.05) is 0 Å². The summed E-state index contributed by atoms with van der Waals surface area (Å²) in [6, 6.07) is 0. The van der Waals surface area contributed by atoms with Gasteiger partial charge in [-0.1, -0.05) is 65.5 Å². The molecule has 4 aliphatic rings. The number of likely N-dealkylation sites (N-methyl/N-ethyl adjacent to an activating group) is 1. The van der Waals surface area contributed by atoms with E-state index < -0.39 is 0 Å². The highest BCUT2D eigenvalue weighted by Gasteiger charge is 2.62. The van der Waals surface area contributed by atoms with Crippen LogP contribution in [0.5, 0.6) is 0 Å². The van der Waals surface area contributed by atoms with Gasteiger partial charge >= 0.3 is 0 Å². The molecule has 0 aromatic rings. The van der Waals surface area contributed by atoms with Gasteiger partial charge in [-0.3, -0.25) is 4.79 Å². The van der Waals surface area contributed by atoms with Crippen LogP contribution in [0.1, 0.15) is 98.8 Å². The number of carbonyl (C=O) groups excluding carboxylic acids is 1. The average molecular weight is 501 g/mol. The van der Waals surface area contributed by atoms with Crippen LogP contribution in [-0.4, -0.2) is 49.2 Å². The van der Waals surface area contributed by atoms with Gasteiger partial charge in [-0.2, -0.15) is 0 Å². The summed E-state index contributed by atoms with van der Waals surface area (Å²) in [5.74, 6) is 4.36. The number of hydrogen-bond acceptors (Lipinski definition) is 3. The summed E-state index contributed by atoms with van der Waals surface area (Å²) in [5, 5.41) is 13.7. The standard InChI is InChI=1S/C32H56N2O2/c1-21(2)9-8-10-22(3)29-26(30(36)33-17-18-34(6)7)20-28-25-12-11-23-19-24(35)13-15-31(23,4)27(25)14-16-32(28,29)5/h11,21-22,24-29,35H,8-10,12-20H2,1-7H3,(H,33,36)/t22-,24+,25-,26?,27+,28+,29+,31+,32+/m1/s1. The number of nitrogens with zero attached hydrogens (tertiary/aromatic N) is 1. The van der Waals surface area contributed by atoms with Gasteiger partial charge in [0.05, 0.1) is 6.10 Å². The highest BCUT2D eigenvalue weighted by atomic mass is 16.3. The van der Waals surface area contributed by atoms with Crippen LogP contribution < -0.4 is 5.32 Å². The van der Waals surface area contributed by atoms with Crippen molar-refractivity contribution in [1.29, 1.82) is 0 Å². The van der Waals surface area contributed by atoms with E-state index in [9.17, 15) is 9.90 Å². The molecule has 0 radical (unpaired) electrons. The van der Waals surface area contributed by atoms with Crippen molar-refractivity contribution in [2.45, 2.75) is 105 Å². The number of fused-ring (bicyclic) bond motifs is 5. The van der Waals surface area contributed by atoms with Gasteiger partial charge in [0.15, 0.2) is 0 Å². The molecule has 3 fully saturated rings. The second-order valence-corrected chi connectivity index (χ2v) is 14.5. The zero-order valence-corrected chi connectivity index (χ0v) is 24.5. The second kappa shape index (κ2) is 11.1. The number of nitrogens with one attached hydrogen (secondary N) is 1. The molecular formula is C32H56N2O2. The third-order valence-electron chi connectivity index (χ3n) is 11.5. The Labute approximate surface area is 222 Å². The highest BCUT2D eigenvalue weighted by molar-refractivity contribution is 5.79. The lowest BCUT2D eigenvalue weighted by molar-refractivity contribution is -0.128. The third kappa shape index (κ3) is 5.33. The van der Waals surface area contributed by atoms with E-state index >= 15 is 0 Å². The number of carbonyl (C=O) groups is 1. The fourth-order valence-corrected chi connectivity index (χ4v) is 9.61. The van der Waals surface area contributed by atoms with E-state index in [0.29, 0.717) is 29.6 Å². The zero-order chi connectivity index (χ0) is 26.3. The first kappa shape index (κ1) is 28.1. The fraction of sp³-hybridized carbons (Fsp3) is 0.906. The Bertz CT molecular complexity index is 806. The topological polar surface area (TPSA) is 52.6 Å². The van der Waals surface area contributed by atoms with Gasteiger partial charge in [0, 0.05) is 19.0 Å². The van der Waals surface area contributed by atoms with Crippen LogP contribution in [0.25, 0.3) is 0 Å². The molecule has 0 aliphatic heterocycles. The second-order valence-electron chi connectivity index (χ2n) is 14.5. The summed E-state index contributed by atoms with van der Waals surface area (Å²) in [4.78, 5) is 15.9. The van der Waals surface area contributed by atoms with E-state index in [1.165, 1.54) is 32.1 Å². The van der Waals surface area contributed by atoms with Crippen molar-refractivity contribution in [1.82, 2.24) is 10.2 Å². The van der Waals surface area contributed by atoms with Crippen molar-refractivity contribution in [3.05, 3.63) is 11.6 Å². The Hall–Kier alpha value is -0.870. The minimum atomic E-state index is -0.146. The van der Waals surface area contributed by atoms with E-state index in [0.717, 1.165) is 57.0 Å². The number of rotatable bonds is 9. The van der Waals surface area contributed by atoms with E-state index in [2.05, 4.69) is 65.0 Å². The molecule has 0 heterocycles. The molecule has 4 nitrogen and oxygen atoms in total. The van der Waals surface area contributed by atoms with Crippen molar-refractivity contribution in [3.8, 4) is 0 Å². The van der Waals surface area contributed by atoms with E-state index in [1.54, 1.807) is 5.57 Å². The average Bonchev–Trinajstić information content (AvgIpc) is 3.12. The zero-order valence-electron chi connectivity index (χ0n) is 24.5. The summed E-state index contributed by atoms with van der Waals surface area (Å²) in [6.07, 6.45) is 14.0. The summed E-state index contributed by atoms with van der Waals surface area (Å²) < 4.78 is 0. The van der Waals surface area contributed by atoms with Gasteiger partial charge < -0.3 is 15.3 Å². The maximum Gasteiger partial charge on any atom is 0.223 e. The van der Waals surface area contributed by atoms with Crippen LogP contribution in [-0.2, 0) is 4.79 Å². The molecule has 0 saturated heterocycles. The molecule has 1 unspecified atom stereocenters.